The molecule has 0 aliphatic carbocycles. The first-order valence-electron chi connectivity index (χ1n) is 15.0. The Kier molecular flexibility index (Phi) is 12.6. The van der Waals surface area contributed by atoms with Gasteiger partial charge in [0.15, 0.2) is 10.6 Å². The molecular formula is C35H40FN3O4S. The van der Waals surface area contributed by atoms with E-state index in [1.54, 1.807) is 55.8 Å². The van der Waals surface area contributed by atoms with E-state index in [1.165, 1.54) is 12.1 Å². The van der Waals surface area contributed by atoms with Crippen LogP contribution < -0.4 is 10.1 Å². The predicted octanol–water partition coefficient (Wildman–Crippen LogP) is 7.64. The van der Waals surface area contributed by atoms with Crippen molar-refractivity contribution in [3.05, 3.63) is 102 Å². The highest BCUT2D eigenvalue weighted by Crippen LogP contribution is 2.28. The molecule has 1 amide bonds. The average molecular weight is 618 g/mol. The van der Waals surface area contributed by atoms with E-state index in [4.69, 9.17) is 9.47 Å². The summed E-state index contributed by atoms with van der Waals surface area (Å²) in [6.45, 7) is 8.51. The summed E-state index contributed by atoms with van der Waals surface area (Å²) in [7, 11) is 0. The monoisotopic (exact) mass is 617 g/mol. The highest BCUT2D eigenvalue weighted by molar-refractivity contribution is 7.90. The Morgan fingerprint density at radius 1 is 1.00 bits per heavy atom. The highest BCUT2D eigenvalue weighted by Gasteiger charge is 2.15. The number of anilines is 1. The summed E-state index contributed by atoms with van der Waals surface area (Å²) in [5.41, 5.74) is 4.04. The lowest BCUT2D eigenvalue weighted by Crippen LogP contribution is -2.11. The molecule has 0 fully saturated rings. The first-order valence-corrected chi connectivity index (χ1v) is 16.3. The van der Waals surface area contributed by atoms with Gasteiger partial charge < -0.3 is 23.9 Å². The van der Waals surface area contributed by atoms with E-state index in [0.29, 0.717) is 40.7 Å². The lowest BCUT2D eigenvalue weighted by atomic mass is 9.99. The number of hydrogen-bond donors (Lipinski definition) is 1. The molecule has 9 heteroatoms. The zero-order valence-corrected chi connectivity index (χ0v) is 26.4. The smallest absolute Gasteiger partial charge is 0.248 e. The van der Waals surface area contributed by atoms with Crippen LogP contribution in [0, 0.1) is 5.82 Å². The fourth-order valence-electron chi connectivity index (χ4n) is 4.59. The van der Waals surface area contributed by atoms with Crippen LogP contribution >= 0.6 is 0 Å². The molecule has 1 atom stereocenters. The third-order valence-electron chi connectivity index (χ3n) is 6.99. The Hall–Kier alpha value is -3.92. The van der Waals surface area contributed by atoms with E-state index < -0.39 is 17.0 Å². The lowest BCUT2D eigenvalue weighted by Gasteiger charge is -2.12. The first kappa shape index (κ1) is 33.0. The van der Waals surface area contributed by atoms with Gasteiger partial charge in [0.1, 0.15) is 18.2 Å². The fraction of sp³-hybridized carbons (Fsp3) is 0.314. The van der Waals surface area contributed by atoms with Crippen LogP contribution in [-0.2, 0) is 33.0 Å². The van der Waals surface area contributed by atoms with E-state index in [-0.39, 0.29) is 5.91 Å². The number of nitrogens with zero attached hydrogens (tertiary/aromatic N) is 2. The number of imidazole rings is 1. The Bertz CT molecular complexity index is 1520. The Balaban J connectivity index is 1.34. The predicted molar refractivity (Wildman–Crippen MR) is 174 cm³/mol. The molecule has 4 aromatic rings. The van der Waals surface area contributed by atoms with Crippen molar-refractivity contribution in [3.63, 3.8) is 0 Å². The number of carbonyl (C=O) groups is 1. The molecule has 3 aromatic carbocycles. The average Bonchev–Trinajstić information content (AvgIpc) is 3.46. The van der Waals surface area contributed by atoms with Gasteiger partial charge in [-0.15, -0.1) is 0 Å². The van der Waals surface area contributed by atoms with Crippen LogP contribution in [0.15, 0.2) is 90.2 Å². The molecule has 1 aromatic heterocycles. The number of aryl methyl sites for hydroxylation is 1. The minimum atomic E-state index is -1.25. The third kappa shape index (κ3) is 9.54. The minimum absolute atomic E-state index is 0.343. The topological polar surface area (TPSA) is 88.4 Å². The van der Waals surface area contributed by atoms with E-state index >= 15 is 0 Å². The number of rotatable bonds is 16. The number of allylic oxidation sites excluding steroid dienone is 1. The van der Waals surface area contributed by atoms with Crippen molar-refractivity contribution in [1.29, 1.82) is 0 Å². The van der Waals surface area contributed by atoms with Crippen molar-refractivity contribution in [3.8, 4) is 16.9 Å². The van der Waals surface area contributed by atoms with Gasteiger partial charge in [-0.3, -0.25) is 4.79 Å². The van der Waals surface area contributed by atoms with Crippen LogP contribution in [0.25, 0.3) is 16.7 Å². The lowest BCUT2D eigenvalue weighted by molar-refractivity contribution is -0.111. The maximum absolute atomic E-state index is 14.8. The second-order valence-electron chi connectivity index (χ2n) is 10.4. The van der Waals surface area contributed by atoms with Crippen LogP contribution in [0.4, 0.5) is 10.1 Å². The van der Waals surface area contributed by atoms with Gasteiger partial charge in [0.25, 0.3) is 0 Å². The molecule has 7 nitrogen and oxygen atoms in total. The quantitative estimate of drug-likeness (QED) is 0.0793. The van der Waals surface area contributed by atoms with Crippen molar-refractivity contribution in [2.75, 3.05) is 25.1 Å². The Morgan fingerprint density at radius 3 is 2.48 bits per heavy atom. The molecule has 0 aliphatic heterocycles. The van der Waals surface area contributed by atoms with E-state index in [0.717, 1.165) is 55.0 Å². The van der Waals surface area contributed by atoms with Gasteiger partial charge in [0, 0.05) is 30.5 Å². The number of ether oxygens (including phenoxy) is 2. The molecule has 44 heavy (non-hydrogen) atoms. The molecule has 0 bridgehead atoms. The van der Waals surface area contributed by atoms with Gasteiger partial charge in [-0.2, -0.15) is 0 Å². The van der Waals surface area contributed by atoms with Crippen molar-refractivity contribution < 1.29 is 23.2 Å². The maximum Gasteiger partial charge on any atom is 0.248 e. The number of halogens is 1. The summed E-state index contributed by atoms with van der Waals surface area (Å²) >= 11 is -1.25. The zero-order valence-electron chi connectivity index (χ0n) is 25.6. The molecular weight excluding hydrogens is 577 g/mol. The number of carbonyl (C=O) groups excluding carboxylic acids is 1. The van der Waals surface area contributed by atoms with Gasteiger partial charge in [-0.05, 0) is 96.2 Å². The number of benzene rings is 3. The second-order valence-corrected chi connectivity index (χ2v) is 11.9. The molecule has 1 heterocycles. The summed E-state index contributed by atoms with van der Waals surface area (Å²) in [6, 6.07) is 19.4. The molecule has 0 saturated carbocycles. The van der Waals surface area contributed by atoms with Crippen LogP contribution in [-0.4, -0.2) is 39.8 Å². The summed E-state index contributed by atoms with van der Waals surface area (Å²) in [5, 5.41) is 2.81. The number of hydrogen-bond acceptors (Lipinski definition) is 5. The normalized spacial score (nSPS) is 12.2. The van der Waals surface area contributed by atoms with E-state index in [1.807, 2.05) is 28.8 Å². The molecule has 232 valence electrons. The van der Waals surface area contributed by atoms with Crippen LogP contribution in [0.5, 0.6) is 5.75 Å². The van der Waals surface area contributed by atoms with Crippen molar-refractivity contribution in [2.45, 2.75) is 57.2 Å². The maximum atomic E-state index is 14.8. The first-order chi connectivity index (χ1) is 21.4. The largest absolute Gasteiger partial charge is 0.611 e. The van der Waals surface area contributed by atoms with Crippen LogP contribution in [0.1, 0.15) is 51.3 Å². The molecule has 0 spiro atoms. The van der Waals surface area contributed by atoms with E-state index in [9.17, 15) is 13.7 Å². The summed E-state index contributed by atoms with van der Waals surface area (Å²) in [5.74, 6) is 0.307. The SMILES string of the molecule is CCCCOCCOc1ccc(-c2ccc(F)c(/C(C)=C/C(=O)Nc3ccc([S@@+]([O-])Cc4cncn4CCC)cc3)c2)cc1. The van der Waals surface area contributed by atoms with Gasteiger partial charge in [-0.25, -0.2) is 9.37 Å². The number of amides is 1. The van der Waals surface area contributed by atoms with Gasteiger partial charge in [0.05, 0.1) is 24.8 Å². The van der Waals surface area contributed by atoms with Gasteiger partial charge in [0.2, 0.25) is 5.91 Å². The summed E-state index contributed by atoms with van der Waals surface area (Å²) in [6.07, 6.45) is 7.99. The van der Waals surface area contributed by atoms with Crippen molar-refractivity contribution >= 4 is 28.3 Å². The van der Waals surface area contributed by atoms with E-state index in [2.05, 4.69) is 24.1 Å². The Labute approximate surface area is 262 Å². The fourth-order valence-corrected chi connectivity index (χ4v) is 5.70. The molecule has 0 saturated heterocycles. The van der Waals surface area contributed by atoms with Crippen LogP contribution in [0.2, 0.25) is 0 Å². The second kappa shape index (κ2) is 16.8. The van der Waals surface area contributed by atoms with Crippen molar-refractivity contribution in [1.82, 2.24) is 9.55 Å². The highest BCUT2D eigenvalue weighted by atomic mass is 32.2. The van der Waals surface area contributed by atoms with Gasteiger partial charge in [-0.1, -0.05) is 38.5 Å². The zero-order chi connectivity index (χ0) is 31.3. The number of aromatic nitrogens is 2. The number of nitrogens with one attached hydrogen (secondary N) is 1. The molecule has 0 aliphatic rings. The molecule has 0 unspecified atom stereocenters. The Morgan fingerprint density at radius 2 is 1.75 bits per heavy atom. The standard InChI is InChI=1S/C35H40FN3O4S/c1-4-6-18-42-19-20-43-31-12-7-27(8-13-31)28-9-16-34(36)33(22-28)26(3)21-35(40)38-29-10-14-32(15-11-29)44(41)24-30-23-37-25-39(30)17-5-2/h7-16,21-23,25H,4-6,17-20,24H2,1-3H3,(H,38,40)/b26-21+/t44-/m0/s1. The molecule has 4 rings (SSSR count). The summed E-state index contributed by atoms with van der Waals surface area (Å²) in [4.78, 5) is 17.6. The van der Waals surface area contributed by atoms with Gasteiger partial charge >= 0.3 is 0 Å². The minimum Gasteiger partial charge on any atom is -0.611 e. The van der Waals surface area contributed by atoms with Crippen LogP contribution in [0.3, 0.4) is 0 Å². The third-order valence-corrected chi connectivity index (χ3v) is 8.35. The summed E-state index contributed by atoms with van der Waals surface area (Å²) < 4.78 is 41.0. The number of unbranched alkanes of at least 4 members (excludes halogenated alkanes) is 1. The van der Waals surface area contributed by atoms with Crippen molar-refractivity contribution in [2.24, 2.45) is 0 Å². The molecule has 0 radical (unpaired) electrons. The molecule has 1 N–H and O–H groups in total.